The van der Waals surface area contributed by atoms with Gasteiger partial charge >= 0.3 is 12.4 Å². The second-order valence-electron chi connectivity index (χ2n) is 7.85. The zero-order valence-electron chi connectivity index (χ0n) is 16.0. The van der Waals surface area contributed by atoms with E-state index in [0.29, 0.717) is 25.7 Å². The van der Waals surface area contributed by atoms with Crippen LogP contribution in [-0.2, 0) is 14.3 Å². The van der Waals surface area contributed by atoms with E-state index in [0.717, 1.165) is 19.3 Å². The van der Waals surface area contributed by atoms with Crippen molar-refractivity contribution >= 4 is 10.1 Å². The lowest BCUT2D eigenvalue weighted by Gasteiger charge is -2.37. The molecule has 2 saturated carbocycles. The van der Waals surface area contributed by atoms with Gasteiger partial charge in [-0.1, -0.05) is 13.3 Å². The van der Waals surface area contributed by atoms with E-state index in [4.69, 9.17) is 0 Å². The largest absolute Gasteiger partial charge is 0.402 e. The maximum Gasteiger partial charge on any atom is 0.402 e. The van der Waals surface area contributed by atoms with Gasteiger partial charge in [-0.2, -0.15) is 34.8 Å². The fourth-order valence-corrected chi connectivity index (χ4v) is 4.65. The lowest BCUT2D eigenvalue weighted by atomic mass is 9.74. The molecule has 0 aromatic heterocycles. The highest BCUT2D eigenvalue weighted by atomic mass is 32.2. The van der Waals surface area contributed by atoms with E-state index in [2.05, 4.69) is 4.18 Å². The first-order valence-electron chi connectivity index (χ1n) is 9.02. The van der Waals surface area contributed by atoms with Crippen LogP contribution in [0.3, 0.4) is 0 Å². The van der Waals surface area contributed by atoms with Crippen LogP contribution in [0.5, 0.6) is 0 Å². The Labute approximate surface area is 157 Å². The average Bonchev–Trinajstić information content (AvgIpc) is 3.15. The van der Waals surface area contributed by atoms with Crippen molar-refractivity contribution in [2.24, 2.45) is 23.2 Å². The number of halogens is 6. The van der Waals surface area contributed by atoms with Gasteiger partial charge in [0.15, 0.2) is 5.41 Å². The summed E-state index contributed by atoms with van der Waals surface area (Å²) in [5.74, 6) is 0.00161. The third-order valence-electron chi connectivity index (χ3n) is 6.11. The Morgan fingerprint density at radius 1 is 1.04 bits per heavy atom. The van der Waals surface area contributed by atoms with E-state index >= 15 is 0 Å². The molecule has 2 bridgehead atoms. The van der Waals surface area contributed by atoms with Crippen LogP contribution in [0, 0.1) is 23.2 Å². The SMILES string of the molecule is CC(CC1CC2CCC1C2)(C(F)(F)F)C(F)(F)F.CCC(C)S(=O)(=O)OC. The van der Waals surface area contributed by atoms with Gasteiger partial charge in [-0.05, 0) is 63.7 Å². The van der Waals surface area contributed by atoms with Crippen molar-refractivity contribution in [3.8, 4) is 0 Å². The molecule has 10 heteroatoms. The second-order valence-corrected chi connectivity index (χ2v) is 9.97. The summed E-state index contributed by atoms with van der Waals surface area (Å²) < 4.78 is 102. The summed E-state index contributed by atoms with van der Waals surface area (Å²) in [6.45, 7) is 3.74. The summed E-state index contributed by atoms with van der Waals surface area (Å²) >= 11 is 0. The zero-order valence-corrected chi connectivity index (χ0v) is 16.8. The molecule has 162 valence electrons. The average molecular weight is 426 g/mol. The molecule has 0 aromatic rings. The molecule has 0 spiro atoms. The molecular formula is C17H28F6O3S. The van der Waals surface area contributed by atoms with E-state index in [-0.39, 0.29) is 11.2 Å². The van der Waals surface area contributed by atoms with E-state index in [1.807, 2.05) is 0 Å². The monoisotopic (exact) mass is 426 g/mol. The minimum atomic E-state index is -5.23. The summed E-state index contributed by atoms with van der Waals surface area (Å²) in [4.78, 5) is 0. The first-order chi connectivity index (χ1) is 12.1. The summed E-state index contributed by atoms with van der Waals surface area (Å²) in [5, 5.41) is -0.387. The number of alkyl halides is 6. The van der Waals surface area contributed by atoms with Crippen molar-refractivity contribution < 1.29 is 38.9 Å². The van der Waals surface area contributed by atoms with Gasteiger partial charge in [0.25, 0.3) is 10.1 Å². The Kier molecular flexibility index (Phi) is 7.69. The maximum absolute atomic E-state index is 12.8. The van der Waals surface area contributed by atoms with Gasteiger partial charge in [-0.25, -0.2) is 0 Å². The maximum atomic E-state index is 12.8. The summed E-state index contributed by atoms with van der Waals surface area (Å²) in [5.41, 5.74) is -3.56. The van der Waals surface area contributed by atoms with Crippen LogP contribution in [0.2, 0.25) is 0 Å². The molecule has 27 heavy (non-hydrogen) atoms. The first-order valence-corrected chi connectivity index (χ1v) is 10.5. The summed E-state index contributed by atoms with van der Waals surface area (Å²) in [7, 11) is -2.07. The van der Waals surface area contributed by atoms with Gasteiger partial charge in [0.05, 0.1) is 12.4 Å². The lowest BCUT2D eigenvalue weighted by molar-refractivity contribution is -0.340. The standard InChI is InChI=1S/C12H16F6.C5H12O3S/c1-10(11(13,14)15,12(16,17)18)6-9-5-7-2-3-8(9)4-7;1-4-5(2)9(6,7)8-3/h7-9H,2-6H2,1H3;5H,4H2,1-3H3. The van der Waals surface area contributed by atoms with Crippen molar-refractivity contribution in [1.29, 1.82) is 0 Å². The molecule has 0 radical (unpaired) electrons. The fourth-order valence-electron chi connectivity index (χ4n) is 3.91. The molecule has 0 aliphatic heterocycles. The first kappa shape index (κ1) is 24.5. The van der Waals surface area contributed by atoms with Gasteiger partial charge in [0.2, 0.25) is 0 Å². The summed E-state index contributed by atoms with van der Waals surface area (Å²) in [6, 6.07) is 0. The smallest absolute Gasteiger partial charge is 0.273 e. The van der Waals surface area contributed by atoms with Gasteiger partial charge in [-0.15, -0.1) is 0 Å². The molecular weight excluding hydrogens is 398 g/mol. The molecule has 2 fully saturated rings. The van der Waals surface area contributed by atoms with Gasteiger partial charge in [0.1, 0.15) is 0 Å². The van der Waals surface area contributed by atoms with Gasteiger partial charge < -0.3 is 0 Å². The van der Waals surface area contributed by atoms with E-state index < -0.39 is 40.2 Å². The molecule has 4 atom stereocenters. The minimum absolute atomic E-state index is 0.0685. The van der Waals surface area contributed by atoms with Crippen molar-refractivity contribution in [2.75, 3.05) is 7.11 Å². The van der Waals surface area contributed by atoms with Crippen LogP contribution in [0.15, 0.2) is 0 Å². The minimum Gasteiger partial charge on any atom is -0.273 e. The normalized spacial score (nSPS) is 27.3. The molecule has 3 nitrogen and oxygen atoms in total. The van der Waals surface area contributed by atoms with E-state index in [9.17, 15) is 34.8 Å². The third-order valence-corrected chi connectivity index (χ3v) is 7.89. The van der Waals surface area contributed by atoms with E-state index in [1.54, 1.807) is 13.8 Å². The Balaban J connectivity index is 0.000000345. The van der Waals surface area contributed by atoms with E-state index in [1.165, 1.54) is 7.11 Å². The molecule has 0 saturated heterocycles. The van der Waals surface area contributed by atoms with Crippen molar-refractivity contribution in [2.45, 2.75) is 76.9 Å². The van der Waals surface area contributed by atoms with Crippen LogP contribution in [0.1, 0.15) is 59.3 Å². The van der Waals surface area contributed by atoms with Crippen LogP contribution in [-0.4, -0.2) is 33.1 Å². The predicted molar refractivity (Wildman–Crippen MR) is 89.5 cm³/mol. The predicted octanol–water partition coefficient (Wildman–Crippen LogP) is 5.70. The Morgan fingerprint density at radius 2 is 1.56 bits per heavy atom. The quantitative estimate of drug-likeness (QED) is 0.418. The highest BCUT2D eigenvalue weighted by molar-refractivity contribution is 7.87. The number of hydrogen-bond donors (Lipinski definition) is 0. The Hall–Kier alpha value is -0.510. The number of hydrogen-bond acceptors (Lipinski definition) is 3. The van der Waals surface area contributed by atoms with Crippen molar-refractivity contribution in [1.82, 2.24) is 0 Å². The van der Waals surface area contributed by atoms with Gasteiger partial charge in [-0.3, -0.25) is 4.18 Å². The van der Waals surface area contributed by atoms with Crippen LogP contribution in [0.25, 0.3) is 0 Å². The fraction of sp³-hybridized carbons (Fsp3) is 1.00. The Bertz CT molecular complexity index is 570. The topological polar surface area (TPSA) is 43.4 Å². The Morgan fingerprint density at radius 3 is 1.81 bits per heavy atom. The number of rotatable bonds is 5. The molecule has 0 N–H and O–H groups in total. The third kappa shape index (κ3) is 5.52. The molecule has 2 rings (SSSR count). The zero-order chi connectivity index (χ0) is 21.3. The molecule has 0 heterocycles. The molecule has 2 aliphatic rings. The number of fused-ring (bicyclic) bond motifs is 2. The van der Waals surface area contributed by atoms with Crippen LogP contribution in [0.4, 0.5) is 26.3 Å². The molecule has 4 unspecified atom stereocenters. The van der Waals surface area contributed by atoms with Crippen LogP contribution >= 0.6 is 0 Å². The molecule has 0 amide bonds. The highest BCUT2D eigenvalue weighted by Gasteiger charge is 2.68. The molecule has 0 aromatic carbocycles. The van der Waals surface area contributed by atoms with Gasteiger partial charge in [0, 0.05) is 0 Å². The highest BCUT2D eigenvalue weighted by Crippen LogP contribution is 2.59. The molecule has 2 aliphatic carbocycles. The summed E-state index contributed by atoms with van der Waals surface area (Å²) in [6.07, 6.45) is -7.56. The lowest BCUT2D eigenvalue weighted by Crippen LogP contribution is -2.49. The van der Waals surface area contributed by atoms with Crippen molar-refractivity contribution in [3.05, 3.63) is 0 Å². The second kappa shape index (κ2) is 8.47. The van der Waals surface area contributed by atoms with Crippen molar-refractivity contribution in [3.63, 3.8) is 0 Å². The van der Waals surface area contributed by atoms with Crippen LogP contribution < -0.4 is 0 Å².